The molecule has 1 heterocycles. The Balaban J connectivity index is 1.60. The number of halogens is 3. The van der Waals surface area contributed by atoms with Gasteiger partial charge in [0.25, 0.3) is 10.0 Å². The van der Waals surface area contributed by atoms with E-state index >= 15 is 0 Å². The van der Waals surface area contributed by atoms with Gasteiger partial charge in [-0.3, -0.25) is 9.71 Å². The predicted molar refractivity (Wildman–Crippen MR) is 132 cm³/mol. The number of fused-ring (bicyclic) bond motifs is 1. The molecule has 7 nitrogen and oxygen atoms in total. The Labute approximate surface area is 211 Å². The predicted octanol–water partition coefficient (Wildman–Crippen LogP) is 6.43. The van der Waals surface area contributed by atoms with Gasteiger partial charge in [0.15, 0.2) is 23.1 Å². The molecule has 0 radical (unpaired) electrons. The topological polar surface area (TPSA) is 86.8 Å². The van der Waals surface area contributed by atoms with Gasteiger partial charge in [0.1, 0.15) is 22.3 Å². The molecule has 3 aromatic carbocycles. The molecular weight excluding hydrogens is 509 g/mol. The van der Waals surface area contributed by atoms with E-state index in [1.54, 1.807) is 18.2 Å². The van der Waals surface area contributed by atoms with Crippen LogP contribution in [0.25, 0.3) is 10.9 Å². The summed E-state index contributed by atoms with van der Waals surface area (Å²) in [5.41, 5.74) is 0.329. The van der Waals surface area contributed by atoms with Crippen LogP contribution in [0, 0.1) is 17.5 Å². The minimum Gasteiger partial charge on any atom is -0.493 e. The Morgan fingerprint density at radius 2 is 1.70 bits per heavy atom. The maximum Gasteiger partial charge on any atom is 0.264 e. The molecule has 0 amide bonds. The van der Waals surface area contributed by atoms with Crippen molar-refractivity contribution in [2.75, 3.05) is 18.4 Å². The van der Waals surface area contributed by atoms with E-state index in [-0.39, 0.29) is 17.2 Å². The van der Waals surface area contributed by atoms with Gasteiger partial charge in [-0.25, -0.2) is 21.6 Å². The molecule has 0 bridgehead atoms. The maximum absolute atomic E-state index is 14.9. The highest BCUT2D eigenvalue weighted by Crippen LogP contribution is 2.38. The van der Waals surface area contributed by atoms with Gasteiger partial charge in [-0.1, -0.05) is 13.3 Å². The van der Waals surface area contributed by atoms with Crippen LogP contribution < -0.4 is 18.9 Å². The Morgan fingerprint density at radius 3 is 2.43 bits per heavy atom. The molecule has 1 N–H and O–H groups in total. The summed E-state index contributed by atoms with van der Waals surface area (Å²) in [6.07, 6.45) is 3.34. The van der Waals surface area contributed by atoms with Gasteiger partial charge in [-0.15, -0.1) is 0 Å². The molecule has 4 rings (SSSR count). The first kappa shape index (κ1) is 26.1. The van der Waals surface area contributed by atoms with Crippen molar-refractivity contribution in [3.8, 4) is 23.0 Å². The Bertz CT molecular complexity index is 1550. The van der Waals surface area contributed by atoms with Crippen molar-refractivity contribution in [3.05, 3.63) is 78.2 Å². The molecule has 1 aromatic heterocycles. The fourth-order valence-corrected chi connectivity index (χ4v) is 4.61. The van der Waals surface area contributed by atoms with E-state index in [2.05, 4.69) is 11.9 Å². The van der Waals surface area contributed by atoms with Crippen LogP contribution in [0.5, 0.6) is 23.0 Å². The van der Waals surface area contributed by atoms with E-state index in [0.29, 0.717) is 41.1 Å². The molecule has 0 aliphatic heterocycles. The van der Waals surface area contributed by atoms with Gasteiger partial charge in [0.05, 0.1) is 24.9 Å². The number of hydrogen-bond acceptors (Lipinski definition) is 6. The molecule has 11 heteroatoms. The summed E-state index contributed by atoms with van der Waals surface area (Å²) in [5.74, 6) is -1.92. The van der Waals surface area contributed by atoms with Crippen LogP contribution >= 0.6 is 0 Å². The number of unbranched alkanes of at least 4 members (excludes halogenated alkanes) is 1. The summed E-state index contributed by atoms with van der Waals surface area (Å²) < 4.78 is 86.2. The largest absolute Gasteiger partial charge is 0.493 e. The third-order valence-electron chi connectivity index (χ3n) is 5.33. The molecule has 0 fully saturated rings. The second-order valence-electron chi connectivity index (χ2n) is 7.96. The number of pyridine rings is 1. The van der Waals surface area contributed by atoms with Gasteiger partial charge >= 0.3 is 0 Å². The van der Waals surface area contributed by atoms with Crippen LogP contribution in [-0.4, -0.2) is 27.1 Å². The van der Waals surface area contributed by atoms with Crippen molar-refractivity contribution in [2.45, 2.75) is 24.7 Å². The van der Waals surface area contributed by atoms with E-state index < -0.39 is 32.4 Å². The molecule has 0 spiro atoms. The first-order valence-electron chi connectivity index (χ1n) is 11.3. The molecular formula is C26H23F3N2O5S. The Hall–Kier alpha value is -3.99. The third kappa shape index (κ3) is 5.88. The molecule has 0 saturated heterocycles. The lowest BCUT2D eigenvalue weighted by Gasteiger charge is -2.14. The molecule has 37 heavy (non-hydrogen) atoms. The molecule has 0 aliphatic carbocycles. The van der Waals surface area contributed by atoms with Gasteiger partial charge in [0.2, 0.25) is 0 Å². The first-order valence-corrected chi connectivity index (χ1v) is 12.7. The quantitative estimate of drug-likeness (QED) is 0.237. The van der Waals surface area contributed by atoms with Crippen LogP contribution in [0.15, 0.2) is 65.7 Å². The summed E-state index contributed by atoms with van der Waals surface area (Å²) in [7, 11) is -3.01. The van der Waals surface area contributed by atoms with E-state index in [9.17, 15) is 21.6 Å². The summed E-state index contributed by atoms with van der Waals surface area (Å²) >= 11 is 0. The van der Waals surface area contributed by atoms with Crippen LogP contribution in [0.2, 0.25) is 0 Å². The normalized spacial score (nSPS) is 11.4. The number of nitrogens with one attached hydrogen (secondary N) is 1. The van der Waals surface area contributed by atoms with E-state index in [1.165, 1.54) is 25.4 Å². The highest BCUT2D eigenvalue weighted by molar-refractivity contribution is 7.92. The highest BCUT2D eigenvalue weighted by Gasteiger charge is 2.21. The number of benzene rings is 3. The average molecular weight is 533 g/mol. The number of nitrogens with zero attached hydrogens (tertiary/aromatic N) is 1. The third-order valence-corrected chi connectivity index (χ3v) is 6.73. The fourth-order valence-electron chi connectivity index (χ4n) is 3.48. The summed E-state index contributed by atoms with van der Waals surface area (Å²) in [5, 5.41) is 0.535. The van der Waals surface area contributed by atoms with Crippen molar-refractivity contribution < 1.29 is 35.8 Å². The van der Waals surface area contributed by atoms with Crippen LogP contribution in [0.3, 0.4) is 0 Å². The minimum absolute atomic E-state index is 0.199. The minimum atomic E-state index is -4.51. The number of sulfonamides is 1. The Kier molecular flexibility index (Phi) is 7.72. The van der Waals surface area contributed by atoms with Crippen LogP contribution in [-0.2, 0) is 10.0 Å². The number of hydrogen-bond donors (Lipinski definition) is 1. The van der Waals surface area contributed by atoms with Gasteiger partial charge in [0, 0.05) is 23.7 Å². The molecule has 0 aliphatic rings. The SMILES string of the molecule is CCCCOc1cc2nccc(Oc3ccc(NS(=O)(=O)c4cc(F)ccc4F)cc3F)c2cc1OC. The average Bonchev–Trinajstić information content (AvgIpc) is 2.86. The zero-order valence-corrected chi connectivity index (χ0v) is 20.7. The number of ether oxygens (including phenoxy) is 3. The maximum atomic E-state index is 14.9. The fraction of sp³-hybridized carbons (Fsp3) is 0.192. The standard InChI is InChI=1S/C26H23F3N2O5S/c1-3-4-11-35-25-15-21-18(14-24(25)34-2)22(9-10-30-21)36-23-8-6-17(13-20(23)29)31-37(32,33)26-12-16(27)5-7-19(26)28/h5-10,12-15,31H,3-4,11H2,1-2H3. The van der Waals surface area contributed by atoms with Crippen molar-refractivity contribution in [1.29, 1.82) is 0 Å². The monoisotopic (exact) mass is 532 g/mol. The number of aromatic nitrogens is 1. The lowest BCUT2D eigenvalue weighted by molar-refractivity contribution is 0.289. The molecule has 0 saturated carbocycles. The lowest BCUT2D eigenvalue weighted by Crippen LogP contribution is -2.15. The molecule has 194 valence electrons. The van der Waals surface area contributed by atoms with Gasteiger partial charge in [-0.2, -0.15) is 0 Å². The zero-order valence-electron chi connectivity index (χ0n) is 19.9. The van der Waals surface area contributed by atoms with E-state index in [1.807, 2.05) is 4.72 Å². The zero-order chi connectivity index (χ0) is 26.6. The Morgan fingerprint density at radius 1 is 0.892 bits per heavy atom. The second kappa shape index (κ2) is 11.0. The highest BCUT2D eigenvalue weighted by atomic mass is 32.2. The number of rotatable bonds is 10. The van der Waals surface area contributed by atoms with Crippen molar-refractivity contribution >= 4 is 26.6 Å². The summed E-state index contributed by atoms with van der Waals surface area (Å²) in [6.45, 7) is 2.57. The van der Waals surface area contributed by atoms with E-state index in [0.717, 1.165) is 25.0 Å². The van der Waals surface area contributed by atoms with Gasteiger partial charge < -0.3 is 14.2 Å². The number of methoxy groups -OCH3 is 1. The van der Waals surface area contributed by atoms with Crippen molar-refractivity contribution in [2.24, 2.45) is 0 Å². The lowest BCUT2D eigenvalue weighted by atomic mass is 10.1. The molecule has 4 aromatic rings. The van der Waals surface area contributed by atoms with Crippen molar-refractivity contribution in [1.82, 2.24) is 4.98 Å². The summed E-state index contributed by atoms with van der Waals surface area (Å²) in [6, 6.07) is 10.3. The van der Waals surface area contributed by atoms with Crippen LogP contribution in [0.1, 0.15) is 19.8 Å². The first-order chi connectivity index (χ1) is 17.7. The van der Waals surface area contributed by atoms with Crippen molar-refractivity contribution in [3.63, 3.8) is 0 Å². The van der Waals surface area contributed by atoms with Crippen LogP contribution in [0.4, 0.5) is 18.9 Å². The number of anilines is 1. The van der Waals surface area contributed by atoms with Gasteiger partial charge in [-0.05, 0) is 48.9 Å². The molecule has 0 atom stereocenters. The molecule has 0 unspecified atom stereocenters. The summed E-state index contributed by atoms with van der Waals surface area (Å²) in [4.78, 5) is 3.42. The smallest absolute Gasteiger partial charge is 0.264 e. The van der Waals surface area contributed by atoms with E-state index in [4.69, 9.17) is 14.2 Å². The second-order valence-corrected chi connectivity index (χ2v) is 9.61.